The first-order valence-electron chi connectivity index (χ1n) is 7.97. The zero-order valence-corrected chi connectivity index (χ0v) is 13.7. The van der Waals surface area contributed by atoms with E-state index in [-0.39, 0.29) is 5.91 Å². The largest absolute Gasteiger partial charge is 0.496 e. The Kier molecular flexibility index (Phi) is 5.28. The third-order valence-corrected chi connectivity index (χ3v) is 3.97. The number of anilines is 1. The van der Waals surface area contributed by atoms with Crippen LogP contribution in [0.4, 0.5) is 5.82 Å². The lowest BCUT2D eigenvalue weighted by atomic mass is 10.1. The van der Waals surface area contributed by atoms with Gasteiger partial charge in [0.2, 0.25) is 0 Å². The van der Waals surface area contributed by atoms with Crippen molar-refractivity contribution in [2.24, 2.45) is 0 Å². The molecule has 0 radical (unpaired) electrons. The molecule has 1 aromatic carbocycles. The molecule has 1 N–H and O–H groups in total. The number of ether oxygens (including phenoxy) is 2. The van der Waals surface area contributed by atoms with Crippen LogP contribution in [0.1, 0.15) is 15.9 Å². The van der Waals surface area contributed by atoms with Gasteiger partial charge in [-0.2, -0.15) is 0 Å². The van der Waals surface area contributed by atoms with E-state index in [4.69, 9.17) is 9.47 Å². The van der Waals surface area contributed by atoms with Gasteiger partial charge in [0.15, 0.2) is 0 Å². The van der Waals surface area contributed by atoms with E-state index in [0.717, 1.165) is 24.5 Å². The molecule has 1 fully saturated rings. The van der Waals surface area contributed by atoms with Crippen LogP contribution in [0.2, 0.25) is 0 Å². The number of pyridine rings is 1. The number of carbonyl (C=O) groups is 1. The number of morpholine rings is 1. The number of hydrogen-bond acceptors (Lipinski definition) is 5. The minimum atomic E-state index is -0.163. The summed E-state index contributed by atoms with van der Waals surface area (Å²) in [7, 11) is 1.56. The molecule has 24 heavy (non-hydrogen) atoms. The standard InChI is InChI=1S/C18H21N3O3/c1-23-16-7-3-2-6-15(16)18(22)20-13-14-5-4-8-19-17(14)21-9-11-24-12-10-21/h2-8H,9-13H2,1H3,(H,20,22). The Bertz CT molecular complexity index is 699. The molecule has 0 bridgehead atoms. The topological polar surface area (TPSA) is 63.7 Å². The summed E-state index contributed by atoms with van der Waals surface area (Å²) in [5.74, 6) is 1.31. The lowest BCUT2D eigenvalue weighted by Gasteiger charge is -2.29. The van der Waals surface area contributed by atoms with Gasteiger partial charge in [-0.25, -0.2) is 4.98 Å². The van der Waals surface area contributed by atoms with Gasteiger partial charge < -0.3 is 19.7 Å². The predicted octanol–water partition coefficient (Wildman–Crippen LogP) is 1.86. The number of hydrogen-bond donors (Lipinski definition) is 1. The van der Waals surface area contributed by atoms with Crippen molar-refractivity contribution in [3.63, 3.8) is 0 Å². The van der Waals surface area contributed by atoms with Crippen molar-refractivity contribution < 1.29 is 14.3 Å². The van der Waals surface area contributed by atoms with Gasteiger partial charge in [-0.05, 0) is 18.2 Å². The molecule has 0 saturated carbocycles. The summed E-state index contributed by atoms with van der Waals surface area (Å²) in [6.07, 6.45) is 1.77. The summed E-state index contributed by atoms with van der Waals surface area (Å²) in [5.41, 5.74) is 1.51. The molecule has 2 aromatic rings. The van der Waals surface area contributed by atoms with E-state index in [0.29, 0.717) is 31.1 Å². The van der Waals surface area contributed by atoms with E-state index in [9.17, 15) is 4.79 Å². The highest BCUT2D eigenvalue weighted by Crippen LogP contribution is 2.20. The van der Waals surface area contributed by atoms with E-state index in [1.54, 1.807) is 25.4 Å². The van der Waals surface area contributed by atoms with Crippen molar-refractivity contribution in [1.29, 1.82) is 0 Å². The maximum atomic E-state index is 12.4. The molecule has 6 nitrogen and oxygen atoms in total. The average molecular weight is 327 g/mol. The number of benzene rings is 1. The molecule has 0 aliphatic carbocycles. The first-order valence-corrected chi connectivity index (χ1v) is 7.97. The van der Waals surface area contributed by atoms with Crippen molar-refractivity contribution in [2.45, 2.75) is 6.54 Å². The van der Waals surface area contributed by atoms with Crippen LogP contribution in [-0.4, -0.2) is 44.3 Å². The molecular formula is C18H21N3O3. The zero-order chi connectivity index (χ0) is 16.8. The van der Waals surface area contributed by atoms with Gasteiger partial charge in [0.25, 0.3) is 5.91 Å². The molecule has 6 heteroatoms. The molecule has 0 spiro atoms. The number of para-hydroxylation sites is 1. The second kappa shape index (κ2) is 7.79. The summed E-state index contributed by atoms with van der Waals surface area (Å²) < 4.78 is 10.6. The molecule has 1 saturated heterocycles. The normalized spacial score (nSPS) is 14.3. The Balaban J connectivity index is 1.71. The van der Waals surface area contributed by atoms with E-state index in [1.165, 1.54) is 0 Å². The Morgan fingerprint density at radius 2 is 2.04 bits per heavy atom. The molecule has 1 aromatic heterocycles. The van der Waals surface area contributed by atoms with Crippen molar-refractivity contribution in [2.75, 3.05) is 38.3 Å². The van der Waals surface area contributed by atoms with Crippen LogP contribution < -0.4 is 15.0 Å². The Hall–Kier alpha value is -2.60. The summed E-state index contributed by atoms with van der Waals surface area (Å²) in [6.45, 7) is 3.43. The van der Waals surface area contributed by atoms with Gasteiger partial charge in [0.1, 0.15) is 11.6 Å². The molecule has 2 heterocycles. The van der Waals surface area contributed by atoms with E-state index in [2.05, 4.69) is 15.2 Å². The van der Waals surface area contributed by atoms with Crippen molar-refractivity contribution in [1.82, 2.24) is 10.3 Å². The maximum Gasteiger partial charge on any atom is 0.255 e. The van der Waals surface area contributed by atoms with Crippen LogP contribution in [0, 0.1) is 0 Å². The number of methoxy groups -OCH3 is 1. The van der Waals surface area contributed by atoms with Gasteiger partial charge in [-0.3, -0.25) is 4.79 Å². The van der Waals surface area contributed by atoms with Gasteiger partial charge in [0.05, 0.1) is 25.9 Å². The van der Waals surface area contributed by atoms with Crippen LogP contribution in [0.25, 0.3) is 0 Å². The molecule has 0 unspecified atom stereocenters. The molecular weight excluding hydrogens is 306 g/mol. The Labute approximate surface area is 141 Å². The predicted molar refractivity (Wildman–Crippen MR) is 91.4 cm³/mol. The van der Waals surface area contributed by atoms with Gasteiger partial charge in [-0.15, -0.1) is 0 Å². The number of carbonyl (C=O) groups excluding carboxylic acids is 1. The van der Waals surface area contributed by atoms with E-state index in [1.807, 2.05) is 24.3 Å². The van der Waals surface area contributed by atoms with Gasteiger partial charge >= 0.3 is 0 Å². The number of amides is 1. The number of aromatic nitrogens is 1. The zero-order valence-electron chi connectivity index (χ0n) is 13.7. The summed E-state index contributed by atoms with van der Waals surface area (Å²) in [6, 6.07) is 11.1. The lowest BCUT2D eigenvalue weighted by Crippen LogP contribution is -2.37. The second-order valence-corrected chi connectivity index (χ2v) is 5.47. The third kappa shape index (κ3) is 3.65. The van der Waals surface area contributed by atoms with Crippen LogP contribution in [0.3, 0.4) is 0 Å². The van der Waals surface area contributed by atoms with E-state index < -0.39 is 0 Å². The average Bonchev–Trinajstić information content (AvgIpc) is 2.67. The fourth-order valence-corrected chi connectivity index (χ4v) is 2.73. The number of nitrogens with zero attached hydrogens (tertiary/aromatic N) is 2. The minimum absolute atomic E-state index is 0.163. The van der Waals surface area contributed by atoms with Crippen LogP contribution in [-0.2, 0) is 11.3 Å². The van der Waals surface area contributed by atoms with Crippen molar-refractivity contribution in [3.8, 4) is 5.75 Å². The molecule has 0 atom stereocenters. The highest BCUT2D eigenvalue weighted by Gasteiger charge is 2.17. The number of rotatable bonds is 5. The molecule has 126 valence electrons. The SMILES string of the molecule is COc1ccccc1C(=O)NCc1cccnc1N1CCOCC1. The highest BCUT2D eigenvalue weighted by molar-refractivity contribution is 5.96. The monoisotopic (exact) mass is 327 g/mol. The fourth-order valence-electron chi connectivity index (χ4n) is 2.73. The Morgan fingerprint density at radius 1 is 1.25 bits per heavy atom. The smallest absolute Gasteiger partial charge is 0.255 e. The molecule has 1 aliphatic heterocycles. The summed E-state index contributed by atoms with van der Waals surface area (Å²) in [5, 5.41) is 2.95. The Morgan fingerprint density at radius 3 is 2.83 bits per heavy atom. The quantitative estimate of drug-likeness (QED) is 0.908. The van der Waals surface area contributed by atoms with Crippen LogP contribution in [0.15, 0.2) is 42.6 Å². The molecule has 1 aliphatic rings. The fraction of sp³-hybridized carbons (Fsp3) is 0.333. The van der Waals surface area contributed by atoms with Crippen molar-refractivity contribution in [3.05, 3.63) is 53.7 Å². The molecule has 3 rings (SSSR count). The summed E-state index contributed by atoms with van der Waals surface area (Å²) in [4.78, 5) is 19.1. The van der Waals surface area contributed by atoms with Crippen LogP contribution in [0.5, 0.6) is 5.75 Å². The van der Waals surface area contributed by atoms with Gasteiger partial charge in [0, 0.05) is 31.4 Å². The number of nitrogens with one attached hydrogen (secondary N) is 1. The lowest BCUT2D eigenvalue weighted by molar-refractivity contribution is 0.0947. The maximum absolute atomic E-state index is 12.4. The second-order valence-electron chi connectivity index (χ2n) is 5.47. The van der Waals surface area contributed by atoms with Crippen LogP contribution >= 0.6 is 0 Å². The highest BCUT2D eigenvalue weighted by atomic mass is 16.5. The minimum Gasteiger partial charge on any atom is -0.496 e. The molecule has 1 amide bonds. The first kappa shape index (κ1) is 16.3. The first-order chi connectivity index (χ1) is 11.8. The van der Waals surface area contributed by atoms with Crippen molar-refractivity contribution >= 4 is 11.7 Å². The third-order valence-electron chi connectivity index (χ3n) is 3.97. The van der Waals surface area contributed by atoms with Gasteiger partial charge in [-0.1, -0.05) is 18.2 Å². The summed E-state index contributed by atoms with van der Waals surface area (Å²) >= 11 is 0. The van der Waals surface area contributed by atoms with E-state index >= 15 is 0 Å².